The van der Waals surface area contributed by atoms with Gasteiger partial charge in [-0.3, -0.25) is 0 Å². The topological polar surface area (TPSA) is 62.5 Å². The van der Waals surface area contributed by atoms with Crippen LogP contribution in [0.4, 0.5) is 0 Å². The summed E-state index contributed by atoms with van der Waals surface area (Å²) in [7, 11) is 0. The van der Waals surface area contributed by atoms with Crippen molar-refractivity contribution in [2.75, 3.05) is 0 Å². The van der Waals surface area contributed by atoms with Gasteiger partial charge in [0, 0.05) is 16.7 Å². The van der Waals surface area contributed by atoms with Crippen LogP contribution in [0, 0.1) is 46.8 Å². The van der Waals surface area contributed by atoms with E-state index in [1.54, 1.807) is 0 Å². The predicted molar refractivity (Wildman–Crippen MR) is 181 cm³/mol. The Morgan fingerprint density at radius 3 is 1.35 bits per heavy atom. The first-order chi connectivity index (χ1) is 22.5. The number of nitrogens with zero attached hydrogens (tertiary/aromatic N) is 4. The Hall–Kier alpha value is -3.84. The van der Waals surface area contributed by atoms with Gasteiger partial charge >= 0.3 is 0 Å². The zero-order valence-corrected chi connectivity index (χ0v) is 26.7. The molecule has 0 spiro atoms. The monoisotopic (exact) mass is 602 g/mol. The lowest BCUT2D eigenvalue weighted by molar-refractivity contribution is -0.00529. The first-order valence-electron chi connectivity index (χ1n) is 18.0. The Morgan fingerprint density at radius 2 is 0.891 bits per heavy atom. The van der Waals surface area contributed by atoms with Gasteiger partial charge in [-0.15, -0.1) is 0 Å². The van der Waals surface area contributed by atoms with Crippen molar-refractivity contribution in [1.29, 1.82) is 5.26 Å². The van der Waals surface area contributed by atoms with Crippen molar-refractivity contribution in [2.24, 2.45) is 35.5 Å². The second-order valence-corrected chi connectivity index (χ2v) is 16.5. The van der Waals surface area contributed by atoms with E-state index < -0.39 is 0 Å². The normalized spacial score (nSPS) is 34.9. The van der Waals surface area contributed by atoms with E-state index in [1.807, 2.05) is 24.3 Å². The average molecular weight is 603 g/mol. The standard InChI is InChI=1S/C42H42N4/c43-25-26-4-6-33(7-5-26)38-44-39(34-8-10-36(11-9-34)41-19-27-12-28(20-41)14-29(13-27)21-41)46-40(45-38)35-2-1-3-37(18-35)42-22-30-15-31(23-42)17-32(16-30)24-42/h1-11,18,27-32H,12-17,19-24H2/t27-,28+,29-,30-,31+,32?,41?,42?. The van der Waals surface area contributed by atoms with Gasteiger partial charge in [0.15, 0.2) is 17.5 Å². The van der Waals surface area contributed by atoms with Gasteiger partial charge in [0.1, 0.15) is 0 Å². The van der Waals surface area contributed by atoms with Crippen molar-refractivity contribution in [3.63, 3.8) is 0 Å². The number of hydrogen-bond donors (Lipinski definition) is 0. The fourth-order valence-electron chi connectivity index (χ4n) is 12.3. The molecule has 0 saturated heterocycles. The lowest BCUT2D eigenvalue weighted by atomic mass is 9.48. The SMILES string of the molecule is N#Cc1ccc(-c2nc(-c3ccc(C45C[C@H]6C[C@@H](C4)C[C@@H](C5)C6)cc3)nc(-c3cccc(C45CC6C[C@H](C4)C[C@@H](C6)C5)c3)n2)cc1. The van der Waals surface area contributed by atoms with Gasteiger partial charge < -0.3 is 0 Å². The van der Waals surface area contributed by atoms with Crippen molar-refractivity contribution in [2.45, 2.75) is 87.9 Å². The predicted octanol–water partition coefficient (Wildman–Crippen LogP) is 9.68. The van der Waals surface area contributed by atoms with Crippen molar-refractivity contribution in [1.82, 2.24) is 15.0 Å². The smallest absolute Gasteiger partial charge is 0.164 e. The molecule has 0 radical (unpaired) electrons. The highest BCUT2D eigenvalue weighted by Gasteiger charge is 2.52. The van der Waals surface area contributed by atoms with E-state index in [0.29, 0.717) is 22.2 Å². The molecule has 1 aromatic heterocycles. The van der Waals surface area contributed by atoms with Crippen LogP contribution in [-0.2, 0) is 10.8 Å². The minimum Gasteiger partial charge on any atom is -0.208 e. The second-order valence-electron chi connectivity index (χ2n) is 16.5. The molecule has 0 N–H and O–H groups in total. The van der Waals surface area contributed by atoms with Crippen LogP contribution in [0.25, 0.3) is 34.2 Å². The van der Waals surface area contributed by atoms with E-state index in [-0.39, 0.29) is 0 Å². The summed E-state index contributed by atoms with van der Waals surface area (Å²) in [5.74, 6) is 7.63. The van der Waals surface area contributed by atoms with Crippen LogP contribution in [0.5, 0.6) is 0 Å². The summed E-state index contributed by atoms with van der Waals surface area (Å²) in [5, 5.41) is 9.40. The van der Waals surface area contributed by atoms with Gasteiger partial charge in [-0.2, -0.15) is 5.26 Å². The molecule has 4 nitrogen and oxygen atoms in total. The van der Waals surface area contributed by atoms with Gasteiger partial charge in [0.05, 0.1) is 11.6 Å². The molecule has 8 saturated carbocycles. The zero-order chi connectivity index (χ0) is 30.5. The fraction of sp³-hybridized carbons (Fsp3) is 0.476. The molecule has 0 atom stereocenters. The number of benzene rings is 3. The third kappa shape index (κ3) is 4.41. The van der Waals surface area contributed by atoms with Crippen LogP contribution in [-0.4, -0.2) is 15.0 Å². The highest BCUT2D eigenvalue weighted by atomic mass is 15.0. The van der Waals surface area contributed by atoms with Crippen LogP contribution in [0.1, 0.15) is 93.7 Å². The molecular formula is C42H42N4. The molecule has 0 aliphatic heterocycles. The molecule has 1 heterocycles. The minimum atomic E-state index is 0.323. The summed E-state index contributed by atoms with van der Waals surface area (Å²) in [4.78, 5) is 15.3. The number of aromatic nitrogens is 3. The maximum atomic E-state index is 9.40. The van der Waals surface area contributed by atoms with Crippen molar-refractivity contribution in [3.8, 4) is 40.2 Å². The van der Waals surface area contributed by atoms with Gasteiger partial charge in [0.2, 0.25) is 0 Å². The summed E-state index contributed by atoms with van der Waals surface area (Å²) in [5.41, 5.74) is 7.40. The van der Waals surface area contributed by atoms with E-state index >= 15 is 0 Å². The van der Waals surface area contributed by atoms with Crippen LogP contribution in [0.2, 0.25) is 0 Å². The lowest BCUT2D eigenvalue weighted by Crippen LogP contribution is -2.48. The summed E-state index contributed by atoms with van der Waals surface area (Å²) < 4.78 is 0. The Morgan fingerprint density at radius 1 is 0.478 bits per heavy atom. The molecule has 4 heteroatoms. The Kier molecular flexibility index (Phi) is 5.98. The molecule has 8 fully saturated rings. The molecule has 0 amide bonds. The number of rotatable bonds is 5. The molecule has 4 aromatic rings. The van der Waals surface area contributed by atoms with Crippen LogP contribution in [0.15, 0.2) is 72.8 Å². The Bertz CT molecular complexity index is 1790. The van der Waals surface area contributed by atoms with Gasteiger partial charge in [-0.25, -0.2) is 15.0 Å². The molecule has 12 rings (SSSR count). The van der Waals surface area contributed by atoms with Gasteiger partial charge in [-0.05, 0) is 165 Å². The average Bonchev–Trinajstić information content (AvgIpc) is 3.07. The van der Waals surface area contributed by atoms with Crippen LogP contribution >= 0.6 is 0 Å². The third-order valence-electron chi connectivity index (χ3n) is 13.5. The van der Waals surface area contributed by atoms with E-state index in [2.05, 4.69) is 54.6 Å². The maximum Gasteiger partial charge on any atom is 0.164 e. The molecule has 8 aliphatic carbocycles. The van der Waals surface area contributed by atoms with E-state index in [4.69, 9.17) is 15.0 Å². The molecule has 230 valence electrons. The van der Waals surface area contributed by atoms with Crippen LogP contribution < -0.4 is 0 Å². The van der Waals surface area contributed by atoms with Gasteiger partial charge in [-0.1, -0.05) is 42.5 Å². The summed E-state index contributed by atoms with van der Waals surface area (Å²) >= 11 is 0. The minimum absolute atomic E-state index is 0.323. The number of hydrogen-bond acceptors (Lipinski definition) is 4. The van der Waals surface area contributed by atoms with E-state index in [9.17, 15) is 5.26 Å². The Balaban J connectivity index is 1.04. The van der Waals surface area contributed by atoms with Crippen LogP contribution in [0.3, 0.4) is 0 Å². The molecule has 8 bridgehead atoms. The summed E-state index contributed by atoms with van der Waals surface area (Å²) in [6, 6.07) is 28.4. The van der Waals surface area contributed by atoms with Crippen molar-refractivity contribution >= 4 is 0 Å². The molecular weight excluding hydrogens is 560 g/mol. The highest BCUT2D eigenvalue weighted by molar-refractivity contribution is 5.67. The lowest BCUT2D eigenvalue weighted by Gasteiger charge is -2.57. The van der Waals surface area contributed by atoms with Crippen molar-refractivity contribution in [3.05, 3.63) is 89.5 Å². The summed E-state index contributed by atoms with van der Waals surface area (Å²) in [6.07, 6.45) is 16.9. The maximum absolute atomic E-state index is 9.40. The molecule has 46 heavy (non-hydrogen) atoms. The quantitative estimate of drug-likeness (QED) is 0.228. The third-order valence-corrected chi connectivity index (χ3v) is 13.5. The first kappa shape index (κ1) is 27.3. The Labute approximate surface area is 272 Å². The molecule has 8 aliphatic rings. The fourth-order valence-corrected chi connectivity index (χ4v) is 12.3. The largest absolute Gasteiger partial charge is 0.208 e. The zero-order valence-electron chi connectivity index (χ0n) is 26.7. The second kappa shape index (κ2) is 10.1. The van der Waals surface area contributed by atoms with Crippen molar-refractivity contribution < 1.29 is 0 Å². The first-order valence-corrected chi connectivity index (χ1v) is 18.0. The van der Waals surface area contributed by atoms with Gasteiger partial charge in [0.25, 0.3) is 0 Å². The number of nitriles is 1. The molecule has 3 aromatic carbocycles. The van der Waals surface area contributed by atoms with E-state index in [0.717, 1.165) is 63.8 Å². The summed E-state index contributed by atoms with van der Waals surface area (Å²) in [6.45, 7) is 0. The molecule has 0 unspecified atom stereocenters. The highest BCUT2D eigenvalue weighted by Crippen LogP contribution is 2.62. The van der Waals surface area contributed by atoms with E-state index in [1.165, 1.54) is 88.2 Å².